The Labute approximate surface area is 101 Å². The van der Waals surface area contributed by atoms with Gasteiger partial charge in [-0.2, -0.15) is 0 Å². The maximum Gasteiger partial charge on any atom is 0.186 e. The number of aliphatic hydroxyl groups excluding tert-OH is 4. The number of aliphatic hydroxyl groups is 4. The normalized spacial score (nSPS) is 38.3. The fourth-order valence-corrected chi connectivity index (χ4v) is 1.76. The molecular formula is C11H22O6. The van der Waals surface area contributed by atoms with Crippen LogP contribution < -0.4 is 0 Å². The molecule has 1 aliphatic rings. The fraction of sp³-hybridized carbons (Fsp3) is 1.00. The molecule has 0 saturated carbocycles. The van der Waals surface area contributed by atoms with E-state index in [0.717, 1.165) is 19.3 Å². The summed E-state index contributed by atoms with van der Waals surface area (Å²) in [6.45, 7) is 2.05. The molecule has 0 radical (unpaired) electrons. The Kier molecular flexibility index (Phi) is 6.32. The monoisotopic (exact) mass is 250 g/mol. The summed E-state index contributed by atoms with van der Waals surface area (Å²) in [5.41, 5.74) is 0. The SMILES string of the molecule is CCCCCOC1O[C@H](CO)[C@@H](O)[C@H](O)[C@@H]1O. The number of hydrogen-bond donors (Lipinski definition) is 4. The topological polar surface area (TPSA) is 99.4 Å². The number of rotatable bonds is 6. The molecule has 1 rings (SSSR count). The molecular weight excluding hydrogens is 228 g/mol. The standard InChI is InChI=1S/C11H22O6/c1-2-3-4-5-16-11-10(15)9(14)8(13)7(6-12)17-11/h7-15H,2-6H2,1H3/t7-,8-,9+,10+,11?/m1/s1. The zero-order valence-electron chi connectivity index (χ0n) is 10.0. The van der Waals surface area contributed by atoms with Crippen LogP contribution in [-0.2, 0) is 9.47 Å². The van der Waals surface area contributed by atoms with E-state index in [4.69, 9.17) is 14.6 Å². The predicted octanol–water partition coefficient (Wildman–Crippen LogP) is -1.01. The van der Waals surface area contributed by atoms with Crippen LogP contribution in [0.5, 0.6) is 0 Å². The van der Waals surface area contributed by atoms with E-state index >= 15 is 0 Å². The smallest absolute Gasteiger partial charge is 0.186 e. The Morgan fingerprint density at radius 3 is 2.35 bits per heavy atom. The van der Waals surface area contributed by atoms with E-state index in [1.54, 1.807) is 0 Å². The van der Waals surface area contributed by atoms with Gasteiger partial charge in [0.05, 0.1) is 6.61 Å². The van der Waals surface area contributed by atoms with E-state index in [2.05, 4.69) is 6.92 Å². The van der Waals surface area contributed by atoms with Gasteiger partial charge in [0.25, 0.3) is 0 Å². The highest BCUT2D eigenvalue weighted by Gasteiger charge is 2.43. The molecule has 0 aliphatic carbocycles. The predicted molar refractivity (Wildman–Crippen MR) is 59.2 cm³/mol. The van der Waals surface area contributed by atoms with Crippen LogP contribution in [0.1, 0.15) is 26.2 Å². The maximum atomic E-state index is 9.64. The minimum atomic E-state index is -1.36. The third-order valence-corrected chi connectivity index (χ3v) is 2.88. The van der Waals surface area contributed by atoms with Crippen LogP contribution in [-0.4, -0.2) is 64.3 Å². The lowest BCUT2D eigenvalue weighted by Crippen LogP contribution is -2.59. The number of hydrogen-bond acceptors (Lipinski definition) is 6. The third kappa shape index (κ3) is 3.87. The first-order valence-corrected chi connectivity index (χ1v) is 6.04. The van der Waals surface area contributed by atoms with E-state index in [-0.39, 0.29) is 0 Å². The van der Waals surface area contributed by atoms with Gasteiger partial charge in [0.1, 0.15) is 24.4 Å². The van der Waals surface area contributed by atoms with Crippen molar-refractivity contribution in [2.75, 3.05) is 13.2 Å². The molecule has 1 saturated heterocycles. The molecule has 0 aromatic rings. The molecule has 1 aliphatic heterocycles. The summed E-state index contributed by atoms with van der Waals surface area (Å²) in [5, 5.41) is 37.6. The Morgan fingerprint density at radius 2 is 1.76 bits per heavy atom. The minimum absolute atomic E-state index is 0.413. The Balaban J connectivity index is 2.42. The molecule has 102 valence electrons. The van der Waals surface area contributed by atoms with Crippen molar-refractivity contribution in [3.05, 3.63) is 0 Å². The van der Waals surface area contributed by atoms with E-state index in [1.807, 2.05) is 0 Å². The third-order valence-electron chi connectivity index (χ3n) is 2.88. The van der Waals surface area contributed by atoms with E-state index in [0.29, 0.717) is 6.61 Å². The van der Waals surface area contributed by atoms with Gasteiger partial charge in [-0.1, -0.05) is 19.8 Å². The second-order valence-corrected chi connectivity index (χ2v) is 4.28. The summed E-state index contributed by atoms with van der Waals surface area (Å²) < 4.78 is 10.5. The molecule has 5 atom stereocenters. The molecule has 17 heavy (non-hydrogen) atoms. The zero-order chi connectivity index (χ0) is 12.8. The van der Waals surface area contributed by atoms with Crippen molar-refractivity contribution in [2.45, 2.75) is 56.9 Å². The molecule has 0 amide bonds. The second-order valence-electron chi connectivity index (χ2n) is 4.28. The lowest BCUT2D eigenvalue weighted by molar-refractivity contribution is -0.301. The molecule has 0 bridgehead atoms. The van der Waals surface area contributed by atoms with Gasteiger partial charge in [-0.15, -0.1) is 0 Å². The number of ether oxygens (including phenoxy) is 2. The lowest BCUT2D eigenvalue weighted by atomic mass is 9.99. The van der Waals surface area contributed by atoms with Crippen LogP contribution in [0.25, 0.3) is 0 Å². The van der Waals surface area contributed by atoms with Gasteiger partial charge in [-0.05, 0) is 6.42 Å². The van der Waals surface area contributed by atoms with Crippen LogP contribution in [0.3, 0.4) is 0 Å². The largest absolute Gasteiger partial charge is 0.394 e. The van der Waals surface area contributed by atoms with Crippen molar-refractivity contribution < 1.29 is 29.9 Å². The van der Waals surface area contributed by atoms with Gasteiger partial charge in [0.2, 0.25) is 0 Å². The summed E-state index contributed by atoms with van der Waals surface area (Å²) in [6.07, 6.45) is -2.98. The molecule has 6 nitrogen and oxygen atoms in total. The van der Waals surface area contributed by atoms with Gasteiger partial charge < -0.3 is 29.9 Å². The summed E-state index contributed by atoms with van der Waals surface area (Å²) in [6, 6.07) is 0. The molecule has 1 fully saturated rings. The summed E-state index contributed by atoms with van der Waals surface area (Å²) in [4.78, 5) is 0. The Bertz CT molecular complexity index is 210. The first-order chi connectivity index (χ1) is 8.11. The maximum absolute atomic E-state index is 9.64. The fourth-order valence-electron chi connectivity index (χ4n) is 1.76. The summed E-state index contributed by atoms with van der Waals surface area (Å²) in [7, 11) is 0. The summed E-state index contributed by atoms with van der Waals surface area (Å²) >= 11 is 0. The first kappa shape index (κ1) is 14.8. The quantitative estimate of drug-likeness (QED) is 0.451. The van der Waals surface area contributed by atoms with E-state index in [1.165, 1.54) is 0 Å². The molecule has 0 spiro atoms. The minimum Gasteiger partial charge on any atom is -0.394 e. The highest BCUT2D eigenvalue weighted by molar-refractivity contribution is 4.88. The Hall–Kier alpha value is -0.240. The van der Waals surface area contributed by atoms with Gasteiger partial charge in [0, 0.05) is 6.61 Å². The van der Waals surface area contributed by atoms with Crippen LogP contribution in [0, 0.1) is 0 Å². The zero-order valence-corrected chi connectivity index (χ0v) is 10.0. The van der Waals surface area contributed by atoms with Crippen LogP contribution in [0.15, 0.2) is 0 Å². The van der Waals surface area contributed by atoms with E-state index < -0.39 is 37.3 Å². The summed E-state index contributed by atoms with van der Waals surface area (Å²) in [5.74, 6) is 0. The van der Waals surface area contributed by atoms with Crippen LogP contribution >= 0.6 is 0 Å². The first-order valence-electron chi connectivity index (χ1n) is 6.04. The molecule has 6 heteroatoms. The van der Waals surface area contributed by atoms with Crippen molar-refractivity contribution in [3.63, 3.8) is 0 Å². The molecule has 1 unspecified atom stereocenters. The average molecular weight is 250 g/mol. The van der Waals surface area contributed by atoms with Gasteiger partial charge in [0.15, 0.2) is 6.29 Å². The van der Waals surface area contributed by atoms with Crippen molar-refractivity contribution >= 4 is 0 Å². The van der Waals surface area contributed by atoms with Gasteiger partial charge in [-0.25, -0.2) is 0 Å². The number of unbranched alkanes of at least 4 members (excludes halogenated alkanes) is 2. The van der Waals surface area contributed by atoms with Crippen LogP contribution in [0.4, 0.5) is 0 Å². The highest BCUT2D eigenvalue weighted by Crippen LogP contribution is 2.22. The molecule has 4 N–H and O–H groups in total. The molecule has 0 aromatic heterocycles. The van der Waals surface area contributed by atoms with Crippen molar-refractivity contribution in [1.29, 1.82) is 0 Å². The lowest BCUT2D eigenvalue weighted by Gasteiger charge is -2.39. The van der Waals surface area contributed by atoms with Gasteiger partial charge >= 0.3 is 0 Å². The average Bonchev–Trinajstić information content (AvgIpc) is 2.34. The van der Waals surface area contributed by atoms with E-state index in [9.17, 15) is 15.3 Å². The van der Waals surface area contributed by atoms with Crippen molar-refractivity contribution in [2.24, 2.45) is 0 Å². The second kappa shape index (κ2) is 7.25. The van der Waals surface area contributed by atoms with Gasteiger partial charge in [-0.3, -0.25) is 0 Å². The van der Waals surface area contributed by atoms with Crippen molar-refractivity contribution in [1.82, 2.24) is 0 Å². The molecule has 0 aromatic carbocycles. The Morgan fingerprint density at radius 1 is 1.06 bits per heavy atom. The van der Waals surface area contributed by atoms with Crippen LogP contribution in [0.2, 0.25) is 0 Å². The van der Waals surface area contributed by atoms with Crippen molar-refractivity contribution in [3.8, 4) is 0 Å². The highest BCUT2D eigenvalue weighted by atomic mass is 16.7. The molecule has 1 heterocycles.